The summed E-state index contributed by atoms with van der Waals surface area (Å²) < 4.78 is 24.3. The second kappa shape index (κ2) is 8.91. The minimum absolute atomic E-state index is 0.226. The van der Waals surface area contributed by atoms with Gasteiger partial charge in [0.15, 0.2) is 0 Å². The normalized spacial score (nSPS) is 13.3. The molecular formula is C16H26BrNO2S. The predicted molar refractivity (Wildman–Crippen MR) is 93.5 cm³/mol. The molecule has 1 aromatic carbocycles. The summed E-state index contributed by atoms with van der Waals surface area (Å²) in [6.07, 6.45) is 2.62. The Kier molecular flexibility index (Phi) is 7.92. The largest absolute Gasteiger partial charge is 0.310 e. The number of sulfone groups is 1. The molecule has 1 rings (SSSR count). The van der Waals surface area contributed by atoms with Crippen LogP contribution in [0.4, 0.5) is 0 Å². The molecule has 0 aliphatic carbocycles. The monoisotopic (exact) mass is 375 g/mol. The number of benzene rings is 1. The number of nitrogens with one attached hydrogen (secondary N) is 1. The summed E-state index contributed by atoms with van der Waals surface area (Å²) in [6.45, 7) is 6.87. The first-order chi connectivity index (χ1) is 9.89. The van der Waals surface area contributed by atoms with Crippen LogP contribution in [0.1, 0.15) is 50.3 Å². The average Bonchev–Trinajstić information content (AvgIpc) is 2.45. The number of rotatable bonds is 9. The molecule has 0 bridgehead atoms. The molecule has 0 aliphatic rings. The van der Waals surface area contributed by atoms with Crippen molar-refractivity contribution in [1.29, 1.82) is 0 Å². The van der Waals surface area contributed by atoms with Crippen LogP contribution in [0.25, 0.3) is 0 Å². The summed E-state index contributed by atoms with van der Waals surface area (Å²) in [7, 11) is -2.87. The van der Waals surface area contributed by atoms with E-state index in [9.17, 15) is 8.42 Å². The van der Waals surface area contributed by atoms with Crippen molar-refractivity contribution in [3.63, 3.8) is 0 Å². The predicted octanol–water partition coefficient (Wildman–Crippen LogP) is 4.01. The van der Waals surface area contributed by atoms with Gasteiger partial charge < -0.3 is 5.32 Å². The topological polar surface area (TPSA) is 46.2 Å². The third-order valence-electron chi connectivity index (χ3n) is 3.61. The average molecular weight is 376 g/mol. The SMILES string of the molecule is CCCNC(CCCS(=O)(=O)CC)c1ccc(Br)c(C)c1. The molecule has 1 atom stereocenters. The van der Waals surface area contributed by atoms with Gasteiger partial charge in [0, 0.05) is 16.3 Å². The first-order valence-electron chi connectivity index (χ1n) is 7.59. The van der Waals surface area contributed by atoms with Crippen LogP contribution >= 0.6 is 15.9 Å². The smallest absolute Gasteiger partial charge is 0.150 e. The number of hydrogen-bond donors (Lipinski definition) is 1. The summed E-state index contributed by atoms with van der Waals surface area (Å²) in [5, 5.41) is 3.53. The third kappa shape index (κ3) is 6.49. The van der Waals surface area contributed by atoms with Crippen molar-refractivity contribution < 1.29 is 8.42 Å². The fourth-order valence-electron chi connectivity index (χ4n) is 2.24. The van der Waals surface area contributed by atoms with Crippen LogP contribution in [0.2, 0.25) is 0 Å². The van der Waals surface area contributed by atoms with Crippen LogP contribution in [-0.4, -0.2) is 26.5 Å². The third-order valence-corrected chi connectivity index (χ3v) is 6.29. The van der Waals surface area contributed by atoms with Gasteiger partial charge in [0.1, 0.15) is 9.84 Å². The second-order valence-corrected chi connectivity index (χ2v) is 8.72. The number of halogens is 1. The quantitative estimate of drug-likeness (QED) is 0.708. The standard InChI is InChI=1S/C16H26BrNO2S/c1-4-10-18-16(7-6-11-21(19,20)5-2)14-8-9-15(17)13(3)12-14/h8-9,12,16,18H,4-7,10-11H2,1-3H3. The van der Waals surface area contributed by atoms with E-state index in [0.717, 1.165) is 23.9 Å². The lowest BCUT2D eigenvalue weighted by Crippen LogP contribution is -2.23. The van der Waals surface area contributed by atoms with Crippen LogP contribution in [0.5, 0.6) is 0 Å². The molecule has 1 unspecified atom stereocenters. The van der Waals surface area contributed by atoms with Crippen LogP contribution in [0.15, 0.2) is 22.7 Å². The molecule has 0 spiro atoms. The van der Waals surface area contributed by atoms with E-state index in [2.05, 4.69) is 53.3 Å². The summed E-state index contributed by atoms with van der Waals surface area (Å²) in [6, 6.07) is 6.57. The first-order valence-corrected chi connectivity index (χ1v) is 10.2. The van der Waals surface area contributed by atoms with E-state index in [1.54, 1.807) is 6.92 Å². The maximum absolute atomic E-state index is 11.6. The fraction of sp³-hybridized carbons (Fsp3) is 0.625. The van der Waals surface area contributed by atoms with Gasteiger partial charge in [-0.15, -0.1) is 0 Å². The van der Waals surface area contributed by atoms with Gasteiger partial charge in [0.05, 0.1) is 5.75 Å². The van der Waals surface area contributed by atoms with Crippen molar-refractivity contribution in [3.05, 3.63) is 33.8 Å². The van der Waals surface area contributed by atoms with E-state index in [0.29, 0.717) is 6.42 Å². The van der Waals surface area contributed by atoms with Crippen molar-refractivity contribution in [2.75, 3.05) is 18.1 Å². The Morgan fingerprint density at radius 1 is 1.29 bits per heavy atom. The van der Waals surface area contributed by atoms with Crippen molar-refractivity contribution in [2.45, 2.75) is 46.1 Å². The van der Waals surface area contributed by atoms with Gasteiger partial charge in [-0.2, -0.15) is 0 Å². The molecule has 0 saturated carbocycles. The highest BCUT2D eigenvalue weighted by molar-refractivity contribution is 9.10. The number of hydrogen-bond acceptors (Lipinski definition) is 3. The molecule has 1 aromatic rings. The Morgan fingerprint density at radius 3 is 2.57 bits per heavy atom. The van der Waals surface area contributed by atoms with E-state index in [1.165, 1.54) is 11.1 Å². The zero-order valence-corrected chi connectivity index (χ0v) is 15.6. The molecule has 0 amide bonds. The van der Waals surface area contributed by atoms with E-state index < -0.39 is 9.84 Å². The highest BCUT2D eigenvalue weighted by Gasteiger charge is 2.14. The van der Waals surface area contributed by atoms with Crippen LogP contribution in [0, 0.1) is 6.92 Å². The minimum atomic E-state index is -2.87. The zero-order chi connectivity index (χ0) is 15.9. The van der Waals surface area contributed by atoms with E-state index in [4.69, 9.17) is 0 Å². The molecule has 120 valence electrons. The lowest BCUT2D eigenvalue weighted by Gasteiger charge is -2.20. The van der Waals surface area contributed by atoms with Gasteiger partial charge in [-0.3, -0.25) is 0 Å². The Balaban J connectivity index is 2.73. The molecule has 5 heteroatoms. The maximum Gasteiger partial charge on any atom is 0.150 e. The zero-order valence-electron chi connectivity index (χ0n) is 13.2. The molecule has 0 heterocycles. The molecule has 0 aromatic heterocycles. The van der Waals surface area contributed by atoms with Gasteiger partial charge in [-0.25, -0.2) is 8.42 Å². The lowest BCUT2D eigenvalue weighted by molar-refractivity contribution is 0.492. The van der Waals surface area contributed by atoms with Gasteiger partial charge >= 0.3 is 0 Å². The highest BCUT2D eigenvalue weighted by Crippen LogP contribution is 2.24. The van der Waals surface area contributed by atoms with Gasteiger partial charge in [0.25, 0.3) is 0 Å². The number of aryl methyl sites for hydroxylation is 1. The van der Waals surface area contributed by atoms with Gasteiger partial charge in [0.2, 0.25) is 0 Å². The summed E-state index contributed by atoms with van der Waals surface area (Å²) in [4.78, 5) is 0. The molecule has 0 saturated heterocycles. The van der Waals surface area contributed by atoms with Crippen molar-refractivity contribution in [2.24, 2.45) is 0 Å². The van der Waals surface area contributed by atoms with Crippen molar-refractivity contribution in [3.8, 4) is 0 Å². The van der Waals surface area contributed by atoms with Crippen LogP contribution < -0.4 is 5.32 Å². The molecule has 1 N–H and O–H groups in total. The first kappa shape index (κ1) is 18.7. The maximum atomic E-state index is 11.6. The van der Waals surface area contributed by atoms with Gasteiger partial charge in [-0.1, -0.05) is 41.9 Å². The highest BCUT2D eigenvalue weighted by atomic mass is 79.9. The summed E-state index contributed by atoms with van der Waals surface area (Å²) in [5.74, 6) is 0.515. The van der Waals surface area contributed by atoms with E-state index in [1.807, 2.05) is 0 Å². The van der Waals surface area contributed by atoms with E-state index >= 15 is 0 Å². The molecular weight excluding hydrogens is 350 g/mol. The Morgan fingerprint density at radius 2 is 2.00 bits per heavy atom. The molecule has 3 nitrogen and oxygen atoms in total. The Labute approximate surface area is 137 Å². The second-order valence-electron chi connectivity index (χ2n) is 5.39. The molecule has 0 aliphatic heterocycles. The fourth-order valence-corrected chi connectivity index (χ4v) is 3.38. The van der Waals surface area contributed by atoms with Crippen LogP contribution in [0.3, 0.4) is 0 Å². The molecule has 21 heavy (non-hydrogen) atoms. The molecule has 0 radical (unpaired) electrons. The van der Waals surface area contributed by atoms with Crippen LogP contribution in [-0.2, 0) is 9.84 Å². The van der Waals surface area contributed by atoms with Gasteiger partial charge in [-0.05, 0) is 49.9 Å². The lowest BCUT2D eigenvalue weighted by atomic mass is 10.0. The van der Waals surface area contributed by atoms with Crippen molar-refractivity contribution in [1.82, 2.24) is 5.32 Å². The minimum Gasteiger partial charge on any atom is -0.310 e. The van der Waals surface area contributed by atoms with E-state index in [-0.39, 0.29) is 17.5 Å². The summed E-state index contributed by atoms with van der Waals surface area (Å²) in [5.41, 5.74) is 2.44. The Hall–Kier alpha value is -0.390. The summed E-state index contributed by atoms with van der Waals surface area (Å²) >= 11 is 3.52. The Bertz CT molecular complexity index is 543. The molecule has 0 fully saturated rings. The van der Waals surface area contributed by atoms with Crippen molar-refractivity contribution >= 4 is 25.8 Å².